The first kappa shape index (κ1) is 16.7. The van der Waals surface area contributed by atoms with E-state index < -0.39 is 11.9 Å². The molecule has 3 N–H and O–H groups in total. The molecule has 0 saturated carbocycles. The topological polar surface area (TPSA) is 82.0 Å². The largest absolute Gasteiger partial charge is 0.494 e. The second kappa shape index (κ2) is 6.61. The summed E-state index contributed by atoms with van der Waals surface area (Å²) in [5.41, 5.74) is 2.47. The second-order valence-corrected chi connectivity index (χ2v) is 4.28. The lowest BCUT2D eigenvalue weighted by Crippen LogP contribution is -2.30. The third-order valence-corrected chi connectivity index (χ3v) is 2.88. The Morgan fingerprint density at radius 1 is 1.13 bits per heavy atom. The normalized spacial score (nSPS) is 12.2. The average molecular weight is 329 g/mol. The van der Waals surface area contributed by atoms with Crippen LogP contribution in [0.15, 0.2) is 39.7 Å². The van der Waals surface area contributed by atoms with Crippen molar-refractivity contribution in [3.8, 4) is 11.5 Å². The molecule has 0 saturated heterocycles. The van der Waals surface area contributed by atoms with E-state index in [9.17, 15) is 13.2 Å². The van der Waals surface area contributed by atoms with Crippen LogP contribution in [0.5, 0.6) is 11.5 Å². The van der Waals surface area contributed by atoms with Crippen molar-refractivity contribution in [1.29, 1.82) is 0 Å². The summed E-state index contributed by atoms with van der Waals surface area (Å²) >= 11 is 0. The molecule has 0 aliphatic rings. The lowest BCUT2D eigenvalue weighted by atomic mass is 10.2. The number of nitrogens with one attached hydrogen (secondary N) is 1. The molecule has 6 nitrogen and oxygen atoms in total. The number of hydrogen-bond acceptors (Lipinski definition) is 5. The first-order valence-electron chi connectivity index (χ1n) is 6.34. The maximum Gasteiger partial charge on any atom is 0.449 e. The van der Waals surface area contributed by atoms with Crippen LogP contribution in [0.25, 0.3) is 0 Å². The minimum Gasteiger partial charge on any atom is -0.494 e. The van der Waals surface area contributed by atoms with Gasteiger partial charge in [-0.05, 0) is 24.3 Å². The lowest BCUT2D eigenvalue weighted by Gasteiger charge is -2.10. The van der Waals surface area contributed by atoms with Gasteiger partial charge in [0, 0.05) is 0 Å². The van der Waals surface area contributed by atoms with E-state index in [4.69, 9.17) is 19.7 Å². The summed E-state index contributed by atoms with van der Waals surface area (Å²) in [4.78, 5) is 4.15. The number of amidine groups is 1. The fraction of sp³-hybridized carbons (Fsp3) is 0.214. The molecule has 0 atom stereocenters. The molecule has 0 radical (unpaired) electrons. The van der Waals surface area contributed by atoms with E-state index in [1.165, 1.54) is 14.2 Å². The fourth-order valence-corrected chi connectivity index (χ4v) is 1.83. The molecule has 2 rings (SSSR count). The number of hydrazine groups is 1. The number of methoxy groups -OCH3 is 2. The van der Waals surface area contributed by atoms with Gasteiger partial charge in [0.2, 0.25) is 5.76 Å². The Hall–Kier alpha value is -2.68. The second-order valence-electron chi connectivity index (χ2n) is 4.28. The zero-order chi connectivity index (χ0) is 17.0. The van der Waals surface area contributed by atoms with E-state index in [1.54, 1.807) is 18.2 Å². The van der Waals surface area contributed by atoms with Gasteiger partial charge in [-0.15, -0.1) is 0 Å². The van der Waals surface area contributed by atoms with Crippen LogP contribution in [0.3, 0.4) is 0 Å². The number of nitrogens with zero attached hydrogens (tertiary/aromatic N) is 1. The average Bonchev–Trinajstić information content (AvgIpc) is 3.02. The molecular formula is C14H14F3N3O3. The highest BCUT2D eigenvalue weighted by molar-refractivity contribution is 5.98. The van der Waals surface area contributed by atoms with Gasteiger partial charge in [0.05, 0.1) is 14.2 Å². The van der Waals surface area contributed by atoms with Crippen LogP contribution in [-0.2, 0) is 6.18 Å². The molecule has 124 valence electrons. The molecule has 0 spiro atoms. The summed E-state index contributed by atoms with van der Waals surface area (Å²) in [5, 5.41) is 0. The highest BCUT2D eigenvalue weighted by Gasteiger charge is 2.35. The highest BCUT2D eigenvalue weighted by Crippen LogP contribution is 2.37. The molecule has 1 aromatic carbocycles. The number of alkyl halides is 3. The minimum absolute atomic E-state index is 0.108. The predicted molar refractivity (Wildman–Crippen MR) is 76.8 cm³/mol. The first-order chi connectivity index (χ1) is 10.9. The molecule has 9 heteroatoms. The Labute approximate surface area is 129 Å². The van der Waals surface area contributed by atoms with Gasteiger partial charge in [-0.1, -0.05) is 6.07 Å². The van der Waals surface area contributed by atoms with Crippen molar-refractivity contribution in [1.82, 2.24) is 5.43 Å². The molecule has 0 fully saturated rings. The van der Waals surface area contributed by atoms with Gasteiger partial charge < -0.3 is 19.3 Å². The standard InChI is InChI=1S/C14H14F3N3O3/c1-21-8-4-3-5-9(22-2)12(8)19-13(20-18)10-6-7-11(23-10)14(15,16)17/h3-7H,18H2,1-2H3,(H,19,20). The van der Waals surface area contributed by atoms with Crippen molar-refractivity contribution >= 4 is 11.5 Å². The molecule has 2 aromatic rings. The zero-order valence-corrected chi connectivity index (χ0v) is 12.3. The maximum atomic E-state index is 12.6. The van der Waals surface area contributed by atoms with Gasteiger partial charge in [-0.2, -0.15) is 13.2 Å². The Kier molecular flexibility index (Phi) is 4.80. The van der Waals surface area contributed by atoms with E-state index in [0.717, 1.165) is 12.1 Å². The van der Waals surface area contributed by atoms with Crippen LogP contribution in [0, 0.1) is 0 Å². The molecule has 1 heterocycles. The number of hydrogen-bond donors (Lipinski definition) is 2. The quantitative estimate of drug-likeness (QED) is 0.390. The highest BCUT2D eigenvalue weighted by atomic mass is 19.4. The summed E-state index contributed by atoms with van der Waals surface area (Å²) in [6.45, 7) is 0. The van der Waals surface area contributed by atoms with Crippen LogP contribution in [-0.4, -0.2) is 20.1 Å². The Balaban J connectivity index is 2.49. The van der Waals surface area contributed by atoms with E-state index in [2.05, 4.69) is 10.4 Å². The molecule has 1 aromatic heterocycles. The van der Waals surface area contributed by atoms with Crippen LogP contribution in [0.4, 0.5) is 18.9 Å². The van der Waals surface area contributed by atoms with Crippen LogP contribution in [0.2, 0.25) is 0 Å². The third-order valence-electron chi connectivity index (χ3n) is 2.88. The van der Waals surface area contributed by atoms with Crippen molar-refractivity contribution in [3.05, 3.63) is 41.9 Å². The van der Waals surface area contributed by atoms with Gasteiger partial charge in [-0.25, -0.2) is 10.8 Å². The number of nitrogens with two attached hydrogens (primary N) is 1. The Morgan fingerprint density at radius 3 is 2.17 bits per heavy atom. The van der Waals surface area contributed by atoms with Crippen LogP contribution in [0.1, 0.15) is 11.5 Å². The van der Waals surface area contributed by atoms with Gasteiger partial charge >= 0.3 is 6.18 Å². The van der Waals surface area contributed by atoms with Crippen molar-refractivity contribution in [2.45, 2.75) is 6.18 Å². The zero-order valence-electron chi connectivity index (χ0n) is 12.3. The van der Waals surface area contributed by atoms with Crippen molar-refractivity contribution < 1.29 is 27.1 Å². The fourth-order valence-electron chi connectivity index (χ4n) is 1.83. The summed E-state index contributed by atoms with van der Waals surface area (Å²) in [5.74, 6) is 4.64. The number of rotatable bonds is 4. The van der Waals surface area contributed by atoms with Gasteiger partial charge in [0.25, 0.3) is 0 Å². The molecule has 0 aliphatic carbocycles. The smallest absolute Gasteiger partial charge is 0.449 e. The van der Waals surface area contributed by atoms with E-state index >= 15 is 0 Å². The monoisotopic (exact) mass is 329 g/mol. The minimum atomic E-state index is -4.60. The molecular weight excluding hydrogens is 315 g/mol. The maximum absolute atomic E-state index is 12.6. The summed E-state index contributed by atoms with van der Waals surface area (Å²) < 4.78 is 52.9. The number of ether oxygens (including phenoxy) is 2. The van der Waals surface area contributed by atoms with Gasteiger partial charge in [-0.3, -0.25) is 0 Å². The van der Waals surface area contributed by atoms with E-state index in [-0.39, 0.29) is 17.3 Å². The number of benzene rings is 1. The molecule has 0 bridgehead atoms. The number of aliphatic imine (C=N–C) groups is 1. The van der Waals surface area contributed by atoms with E-state index in [0.29, 0.717) is 11.5 Å². The predicted octanol–water partition coefficient (Wildman–Crippen LogP) is 2.86. The summed E-state index contributed by atoms with van der Waals surface area (Å²) in [6.07, 6.45) is -4.60. The molecule has 0 aliphatic heterocycles. The van der Waals surface area contributed by atoms with Gasteiger partial charge in [0.1, 0.15) is 17.2 Å². The SMILES string of the molecule is COc1cccc(OC)c1N=C(NN)c1ccc(C(F)(F)F)o1. The summed E-state index contributed by atoms with van der Waals surface area (Å²) in [7, 11) is 2.86. The molecule has 0 amide bonds. The van der Waals surface area contributed by atoms with Crippen molar-refractivity contribution in [2.24, 2.45) is 10.8 Å². The third kappa shape index (κ3) is 3.57. The summed E-state index contributed by atoms with van der Waals surface area (Å²) in [6, 6.07) is 6.84. The Bertz CT molecular complexity index is 689. The molecule has 0 unspecified atom stereocenters. The number of para-hydroxylation sites is 1. The van der Waals surface area contributed by atoms with Crippen LogP contribution >= 0.6 is 0 Å². The Morgan fingerprint density at radius 2 is 1.74 bits per heavy atom. The molecule has 23 heavy (non-hydrogen) atoms. The van der Waals surface area contributed by atoms with Crippen LogP contribution < -0.4 is 20.7 Å². The first-order valence-corrected chi connectivity index (χ1v) is 6.34. The number of halogens is 3. The lowest BCUT2D eigenvalue weighted by molar-refractivity contribution is -0.153. The van der Waals surface area contributed by atoms with E-state index in [1.807, 2.05) is 0 Å². The van der Waals surface area contributed by atoms with Crippen molar-refractivity contribution in [3.63, 3.8) is 0 Å². The van der Waals surface area contributed by atoms with Gasteiger partial charge in [0.15, 0.2) is 11.6 Å². The van der Waals surface area contributed by atoms with Crippen molar-refractivity contribution in [2.75, 3.05) is 14.2 Å². The number of furan rings is 1.